The van der Waals surface area contributed by atoms with Crippen LogP contribution in [-0.2, 0) is 41.6 Å². The van der Waals surface area contributed by atoms with Crippen LogP contribution in [0.3, 0.4) is 0 Å². The largest absolute Gasteiger partial charge is 0.466 e. The van der Waals surface area contributed by atoms with Gasteiger partial charge >= 0.3 is 5.97 Å². The topological polar surface area (TPSA) is 119 Å². The van der Waals surface area contributed by atoms with E-state index >= 15 is 0 Å². The molecule has 0 amide bonds. The number of rotatable bonds is 11. The summed E-state index contributed by atoms with van der Waals surface area (Å²) in [6, 6.07) is 19.3. The maximum atomic E-state index is 12.9. The third-order valence-corrected chi connectivity index (χ3v) is 7.39. The van der Waals surface area contributed by atoms with E-state index in [2.05, 4.69) is 20.3 Å². The second-order valence-electron chi connectivity index (χ2n) is 10.8. The minimum atomic E-state index is -0.834. The van der Waals surface area contributed by atoms with Crippen molar-refractivity contribution in [1.82, 2.24) is 19.5 Å². The molecule has 4 heterocycles. The zero-order valence-corrected chi connectivity index (χ0v) is 23.9. The Morgan fingerprint density at radius 2 is 1.76 bits per heavy atom. The van der Waals surface area contributed by atoms with Crippen molar-refractivity contribution in [1.29, 1.82) is 0 Å². The van der Waals surface area contributed by atoms with Crippen LogP contribution in [-0.4, -0.2) is 62.5 Å². The molecule has 2 aromatic heterocycles. The number of ether oxygens (including phenoxy) is 5. The van der Waals surface area contributed by atoms with Crippen molar-refractivity contribution >= 4 is 23.0 Å². The van der Waals surface area contributed by atoms with E-state index in [9.17, 15) is 4.79 Å². The number of carbonyl (C=O) groups excluding carboxylic acids is 1. The highest BCUT2D eigenvalue weighted by Crippen LogP contribution is 2.43. The molecule has 2 aliphatic heterocycles. The molecule has 42 heavy (non-hydrogen) atoms. The normalized spacial score (nSPS) is 23.5. The monoisotopic (exact) mass is 573 g/mol. The van der Waals surface area contributed by atoms with E-state index in [0.717, 1.165) is 11.1 Å². The van der Waals surface area contributed by atoms with Crippen LogP contribution < -0.4 is 5.32 Å². The molecule has 0 spiro atoms. The Balaban J connectivity index is 1.33. The smallest absolute Gasteiger partial charge is 0.307 e. The summed E-state index contributed by atoms with van der Waals surface area (Å²) in [6.45, 7) is 6.64. The number of aromatic nitrogens is 4. The van der Waals surface area contributed by atoms with E-state index in [0.29, 0.717) is 30.1 Å². The van der Waals surface area contributed by atoms with Crippen molar-refractivity contribution in [3.05, 3.63) is 84.4 Å². The molecule has 0 saturated carbocycles. The summed E-state index contributed by atoms with van der Waals surface area (Å²) in [6.07, 6.45) is 0.818. The highest BCUT2D eigenvalue weighted by Gasteiger charge is 2.57. The Kier molecular flexibility index (Phi) is 8.16. The molecule has 2 aromatic carbocycles. The zero-order chi connectivity index (χ0) is 29.1. The summed E-state index contributed by atoms with van der Waals surface area (Å²) in [5.74, 6) is -0.614. The number of fused-ring (bicyclic) bond motifs is 2. The van der Waals surface area contributed by atoms with Crippen molar-refractivity contribution in [2.75, 3.05) is 11.9 Å². The van der Waals surface area contributed by atoms with Gasteiger partial charge in [0.15, 0.2) is 23.5 Å². The summed E-state index contributed by atoms with van der Waals surface area (Å²) in [4.78, 5) is 26.6. The van der Waals surface area contributed by atoms with Crippen LogP contribution in [0.5, 0.6) is 0 Å². The number of nitrogens with one attached hydrogen (secondary N) is 1. The van der Waals surface area contributed by atoms with E-state index in [-0.39, 0.29) is 19.0 Å². The molecule has 5 atom stereocenters. The van der Waals surface area contributed by atoms with Crippen LogP contribution in [0.2, 0.25) is 0 Å². The average Bonchev–Trinajstić information content (AvgIpc) is 3.65. The predicted octanol–water partition coefficient (Wildman–Crippen LogP) is 4.39. The number of nitrogens with zero attached hydrogens (tertiary/aromatic N) is 4. The van der Waals surface area contributed by atoms with Gasteiger partial charge in [-0.3, -0.25) is 4.79 Å². The van der Waals surface area contributed by atoms with Crippen molar-refractivity contribution in [3.8, 4) is 0 Å². The lowest BCUT2D eigenvalue weighted by molar-refractivity contribution is -0.225. The lowest BCUT2D eigenvalue weighted by Gasteiger charge is -2.31. The molecular formula is C31H35N5O6. The summed E-state index contributed by atoms with van der Waals surface area (Å²) in [5.41, 5.74) is 3.25. The molecule has 0 bridgehead atoms. The van der Waals surface area contributed by atoms with Gasteiger partial charge in [0.2, 0.25) is 0 Å². The summed E-state index contributed by atoms with van der Waals surface area (Å²) < 4.78 is 32.5. The highest BCUT2D eigenvalue weighted by atomic mass is 16.8. The quantitative estimate of drug-likeness (QED) is 0.259. The SMILES string of the molecule is CCOC(=O)C[C@@H]([C@H]1O[C@@H]2OC(C)(C)O[C@@H]2[C@H]1OCc1ccccc1)n1cnc2c(NCc3ccccc3)ncnc21. The third-order valence-electron chi connectivity index (χ3n) is 7.39. The van der Waals surface area contributed by atoms with E-state index < -0.39 is 36.4 Å². The lowest BCUT2D eigenvalue weighted by atomic mass is 10.00. The number of anilines is 1. The van der Waals surface area contributed by atoms with Gasteiger partial charge in [0.25, 0.3) is 0 Å². The van der Waals surface area contributed by atoms with Gasteiger partial charge in [-0.15, -0.1) is 0 Å². The van der Waals surface area contributed by atoms with Crippen LogP contribution in [0.25, 0.3) is 11.2 Å². The van der Waals surface area contributed by atoms with Crippen LogP contribution in [0, 0.1) is 0 Å². The highest BCUT2D eigenvalue weighted by molar-refractivity contribution is 5.83. The Morgan fingerprint density at radius 3 is 2.50 bits per heavy atom. The fourth-order valence-electron chi connectivity index (χ4n) is 5.54. The van der Waals surface area contributed by atoms with Gasteiger partial charge in [-0.05, 0) is 31.9 Å². The molecular weight excluding hydrogens is 538 g/mol. The second kappa shape index (κ2) is 12.1. The maximum Gasteiger partial charge on any atom is 0.307 e. The molecule has 4 aromatic rings. The second-order valence-corrected chi connectivity index (χ2v) is 10.8. The van der Waals surface area contributed by atoms with Gasteiger partial charge < -0.3 is 33.6 Å². The van der Waals surface area contributed by atoms with Gasteiger partial charge in [0.1, 0.15) is 30.2 Å². The van der Waals surface area contributed by atoms with Crippen LogP contribution >= 0.6 is 0 Å². The van der Waals surface area contributed by atoms with E-state index in [1.54, 1.807) is 13.3 Å². The van der Waals surface area contributed by atoms with Gasteiger partial charge in [0.05, 0.1) is 32.0 Å². The Morgan fingerprint density at radius 1 is 1.02 bits per heavy atom. The van der Waals surface area contributed by atoms with Crippen molar-refractivity contribution < 1.29 is 28.5 Å². The molecule has 220 valence electrons. The van der Waals surface area contributed by atoms with Gasteiger partial charge in [0, 0.05) is 6.54 Å². The number of hydrogen-bond donors (Lipinski definition) is 1. The molecule has 2 aliphatic rings. The van der Waals surface area contributed by atoms with E-state index in [1.165, 1.54) is 6.33 Å². The summed E-state index contributed by atoms with van der Waals surface area (Å²) in [7, 11) is 0. The molecule has 2 fully saturated rings. The fraction of sp³-hybridized carbons (Fsp3) is 0.419. The molecule has 1 N–H and O–H groups in total. The number of hydrogen-bond acceptors (Lipinski definition) is 10. The molecule has 6 rings (SSSR count). The molecule has 0 radical (unpaired) electrons. The number of carbonyl (C=O) groups is 1. The fourth-order valence-corrected chi connectivity index (χ4v) is 5.54. The van der Waals surface area contributed by atoms with Crippen molar-refractivity contribution in [2.45, 2.75) is 76.8 Å². The first-order valence-electron chi connectivity index (χ1n) is 14.2. The Bertz CT molecular complexity index is 1500. The molecule has 11 nitrogen and oxygen atoms in total. The standard InChI is InChI=1S/C31H35N5O6/c1-4-38-23(37)15-22(36-19-35-24-28(33-18-34-29(24)36)32-16-20-11-7-5-8-12-20)25-26(39-17-21-13-9-6-10-14-21)27-30(40-25)42-31(2,3)41-27/h5-14,18-19,22,25-27,30H,4,15-17H2,1-3H3,(H,32,33,34)/t22-,25+,26-,27+,30+/m0/s1. The first-order chi connectivity index (χ1) is 20.4. The summed E-state index contributed by atoms with van der Waals surface area (Å²) >= 11 is 0. The average molecular weight is 574 g/mol. The Labute approximate surface area is 244 Å². The molecule has 0 aliphatic carbocycles. The van der Waals surface area contributed by atoms with Crippen LogP contribution in [0.1, 0.15) is 44.4 Å². The first kappa shape index (κ1) is 28.2. The number of esters is 1. The number of imidazole rings is 1. The van der Waals surface area contributed by atoms with E-state index in [1.807, 2.05) is 79.1 Å². The first-order valence-corrected chi connectivity index (χ1v) is 14.2. The predicted molar refractivity (Wildman–Crippen MR) is 153 cm³/mol. The maximum absolute atomic E-state index is 12.9. The number of benzene rings is 2. The minimum absolute atomic E-state index is 0.00871. The van der Waals surface area contributed by atoms with Crippen LogP contribution in [0.4, 0.5) is 5.82 Å². The molecule has 11 heteroatoms. The van der Waals surface area contributed by atoms with Gasteiger partial charge in [-0.25, -0.2) is 15.0 Å². The Hall–Kier alpha value is -3.90. The van der Waals surface area contributed by atoms with E-state index in [4.69, 9.17) is 23.7 Å². The third kappa shape index (κ3) is 6.00. The zero-order valence-electron chi connectivity index (χ0n) is 23.9. The molecule has 0 unspecified atom stereocenters. The van der Waals surface area contributed by atoms with Gasteiger partial charge in [-0.1, -0.05) is 60.7 Å². The minimum Gasteiger partial charge on any atom is -0.466 e. The van der Waals surface area contributed by atoms with Crippen LogP contribution in [0.15, 0.2) is 73.3 Å². The van der Waals surface area contributed by atoms with Crippen molar-refractivity contribution in [2.24, 2.45) is 0 Å². The molecule has 2 saturated heterocycles. The summed E-state index contributed by atoms with van der Waals surface area (Å²) in [5, 5.41) is 3.36. The van der Waals surface area contributed by atoms with Crippen molar-refractivity contribution in [3.63, 3.8) is 0 Å². The van der Waals surface area contributed by atoms with Gasteiger partial charge in [-0.2, -0.15) is 0 Å². The lowest BCUT2D eigenvalue weighted by Crippen LogP contribution is -2.42.